The second-order valence-electron chi connectivity index (χ2n) is 7.52. The number of rotatable bonds is 5. The predicted molar refractivity (Wildman–Crippen MR) is 93.6 cm³/mol. The molecule has 0 saturated heterocycles. The molecule has 22 heavy (non-hydrogen) atoms. The van der Waals surface area contributed by atoms with Gasteiger partial charge in [0, 0.05) is 5.33 Å². The molecule has 0 radical (unpaired) electrons. The summed E-state index contributed by atoms with van der Waals surface area (Å²) in [5, 5.41) is 3.52. The first kappa shape index (κ1) is 19.8. The number of alkyl halides is 1. The number of amides is 1. The minimum Gasteiger partial charge on any atom is -0.444 e. The lowest BCUT2D eigenvalue weighted by Gasteiger charge is -2.34. The summed E-state index contributed by atoms with van der Waals surface area (Å²) in [7, 11) is 0. The Hall–Kier alpha value is -0.290. The topological polar surface area (TPSA) is 47.6 Å². The maximum absolute atomic E-state index is 11.8. The second-order valence-corrected chi connectivity index (χ2v) is 8.08. The number of carbonyl (C=O) groups excluding carboxylic acids is 1. The summed E-state index contributed by atoms with van der Waals surface area (Å²) in [4.78, 5) is 11.8. The molecule has 0 aromatic rings. The number of hydrogen-bond donors (Lipinski definition) is 1. The lowest BCUT2D eigenvalue weighted by Crippen LogP contribution is -2.47. The highest BCUT2D eigenvalue weighted by Crippen LogP contribution is 2.25. The van der Waals surface area contributed by atoms with E-state index >= 15 is 0 Å². The first-order chi connectivity index (χ1) is 10.2. The summed E-state index contributed by atoms with van der Waals surface area (Å²) in [6.45, 7) is 8.07. The molecule has 1 fully saturated rings. The van der Waals surface area contributed by atoms with Crippen molar-refractivity contribution in [2.24, 2.45) is 0 Å². The van der Waals surface area contributed by atoms with Crippen molar-refractivity contribution in [1.82, 2.24) is 5.32 Å². The van der Waals surface area contributed by atoms with Crippen LogP contribution in [0, 0.1) is 0 Å². The van der Waals surface area contributed by atoms with Crippen molar-refractivity contribution in [2.45, 2.75) is 89.9 Å². The Bertz CT molecular complexity index is 335. The smallest absolute Gasteiger partial charge is 0.407 e. The molecule has 0 aromatic carbocycles. The summed E-state index contributed by atoms with van der Waals surface area (Å²) < 4.78 is 11.6. The van der Waals surface area contributed by atoms with Gasteiger partial charge < -0.3 is 14.8 Å². The average Bonchev–Trinajstić information content (AvgIpc) is 2.38. The van der Waals surface area contributed by atoms with Crippen LogP contribution in [0.2, 0.25) is 0 Å². The molecule has 1 rings (SSSR count). The maximum Gasteiger partial charge on any atom is 0.407 e. The molecule has 4 nitrogen and oxygen atoms in total. The Morgan fingerprint density at radius 1 is 1.09 bits per heavy atom. The fourth-order valence-corrected chi connectivity index (χ4v) is 2.96. The van der Waals surface area contributed by atoms with E-state index in [4.69, 9.17) is 9.47 Å². The third-order valence-corrected chi connectivity index (χ3v) is 4.98. The molecule has 1 saturated carbocycles. The van der Waals surface area contributed by atoms with Gasteiger partial charge in [0.05, 0.1) is 18.2 Å². The van der Waals surface area contributed by atoms with E-state index in [-0.39, 0.29) is 6.09 Å². The molecule has 0 aromatic heterocycles. The van der Waals surface area contributed by atoms with Crippen LogP contribution in [0.3, 0.4) is 0 Å². The molecule has 1 aliphatic carbocycles. The Labute approximate surface area is 143 Å². The zero-order valence-electron chi connectivity index (χ0n) is 14.5. The summed E-state index contributed by atoms with van der Waals surface area (Å²) in [6.07, 6.45) is 8.59. The Morgan fingerprint density at radius 2 is 1.64 bits per heavy atom. The van der Waals surface area contributed by atoms with E-state index in [1.807, 2.05) is 27.7 Å². The average molecular weight is 378 g/mol. The van der Waals surface area contributed by atoms with E-state index in [0.717, 1.165) is 12.8 Å². The fraction of sp³-hybridized carbons (Fsp3) is 0.941. The van der Waals surface area contributed by atoms with Gasteiger partial charge in [-0.25, -0.2) is 4.79 Å². The Kier molecular flexibility index (Phi) is 8.19. The van der Waals surface area contributed by atoms with E-state index < -0.39 is 11.2 Å². The van der Waals surface area contributed by atoms with Gasteiger partial charge in [-0.2, -0.15) is 0 Å². The third-order valence-electron chi connectivity index (χ3n) is 3.79. The monoisotopic (exact) mass is 377 g/mol. The van der Waals surface area contributed by atoms with Gasteiger partial charge >= 0.3 is 6.09 Å². The number of hydrogen-bond acceptors (Lipinski definition) is 3. The third kappa shape index (κ3) is 8.37. The van der Waals surface area contributed by atoms with Crippen LogP contribution in [0.25, 0.3) is 0 Å². The highest BCUT2D eigenvalue weighted by Gasteiger charge is 2.29. The van der Waals surface area contributed by atoms with Crippen LogP contribution in [0.15, 0.2) is 0 Å². The minimum absolute atomic E-state index is 0.295. The van der Waals surface area contributed by atoms with Gasteiger partial charge in [0.15, 0.2) is 0 Å². The van der Waals surface area contributed by atoms with Gasteiger partial charge in [0.1, 0.15) is 5.60 Å². The van der Waals surface area contributed by atoms with E-state index in [2.05, 4.69) is 21.2 Å². The van der Waals surface area contributed by atoms with Gasteiger partial charge in [0.2, 0.25) is 0 Å². The van der Waals surface area contributed by atoms with Crippen molar-refractivity contribution in [2.75, 3.05) is 11.9 Å². The van der Waals surface area contributed by atoms with Crippen molar-refractivity contribution in [3.8, 4) is 0 Å². The predicted octanol–water partition coefficient (Wildman–Crippen LogP) is 4.79. The van der Waals surface area contributed by atoms with E-state index in [0.29, 0.717) is 18.0 Å². The summed E-state index contributed by atoms with van der Waals surface area (Å²) in [6, 6.07) is 0. The molecule has 130 valence electrons. The van der Waals surface area contributed by atoms with Crippen molar-refractivity contribution < 1.29 is 14.3 Å². The molecule has 1 amide bonds. The van der Waals surface area contributed by atoms with Crippen molar-refractivity contribution in [3.63, 3.8) is 0 Å². The van der Waals surface area contributed by atoms with Crippen molar-refractivity contribution in [3.05, 3.63) is 0 Å². The van der Waals surface area contributed by atoms with Crippen LogP contribution in [-0.4, -0.2) is 35.3 Å². The Balaban J connectivity index is 2.46. The number of nitrogens with one attached hydrogen (secondary N) is 1. The molecular formula is C17H32BrNO3. The Morgan fingerprint density at radius 3 is 2.14 bits per heavy atom. The highest BCUT2D eigenvalue weighted by molar-refractivity contribution is 9.09. The van der Waals surface area contributed by atoms with Gasteiger partial charge in [-0.1, -0.05) is 48.0 Å². The SMILES string of the molecule is CC(C)(C)OC(=O)NCC(C)(CBr)OC1CCCCCCC1. The fourth-order valence-electron chi connectivity index (χ4n) is 2.63. The highest BCUT2D eigenvalue weighted by atomic mass is 79.9. The van der Waals surface area contributed by atoms with Crippen LogP contribution in [0.5, 0.6) is 0 Å². The van der Waals surface area contributed by atoms with Gasteiger partial charge in [0.25, 0.3) is 0 Å². The quantitative estimate of drug-likeness (QED) is 0.700. The minimum atomic E-state index is -0.477. The molecule has 0 aliphatic heterocycles. The number of alkyl carbamates (subject to hydrolysis) is 1. The summed E-state index contributed by atoms with van der Waals surface area (Å²) >= 11 is 3.53. The van der Waals surface area contributed by atoms with Crippen LogP contribution in [0.4, 0.5) is 4.79 Å². The van der Waals surface area contributed by atoms with Crippen molar-refractivity contribution in [1.29, 1.82) is 0 Å². The molecule has 0 bridgehead atoms. The number of ether oxygens (including phenoxy) is 2. The summed E-state index contributed by atoms with van der Waals surface area (Å²) in [5.74, 6) is 0. The van der Waals surface area contributed by atoms with Crippen LogP contribution in [0.1, 0.15) is 72.6 Å². The van der Waals surface area contributed by atoms with Gasteiger partial charge in [-0.05, 0) is 40.5 Å². The van der Waals surface area contributed by atoms with E-state index in [1.54, 1.807) is 0 Å². The molecule has 5 heteroatoms. The molecule has 0 spiro atoms. The van der Waals surface area contributed by atoms with Crippen LogP contribution < -0.4 is 5.32 Å². The van der Waals surface area contributed by atoms with Gasteiger partial charge in [-0.15, -0.1) is 0 Å². The van der Waals surface area contributed by atoms with Crippen LogP contribution >= 0.6 is 15.9 Å². The lowest BCUT2D eigenvalue weighted by atomic mass is 9.97. The normalized spacial score (nSPS) is 20.6. The van der Waals surface area contributed by atoms with E-state index in [9.17, 15) is 4.79 Å². The lowest BCUT2D eigenvalue weighted by molar-refractivity contribution is -0.0753. The number of halogens is 1. The molecule has 1 atom stereocenters. The van der Waals surface area contributed by atoms with Crippen LogP contribution in [-0.2, 0) is 9.47 Å². The maximum atomic E-state index is 11.8. The molecule has 0 heterocycles. The molecular weight excluding hydrogens is 346 g/mol. The second kappa shape index (κ2) is 9.11. The molecule has 1 aliphatic rings. The standard InChI is InChI=1S/C17H32BrNO3/c1-16(2,3)22-15(20)19-13-17(4,12-18)21-14-10-8-6-5-7-9-11-14/h14H,5-13H2,1-4H3,(H,19,20). The molecule has 1 unspecified atom stereocenters. The first-order valence-electron chi connectivity index (χ1n) is 8.45. The summed E-state index contributed by atoms with van der Waals surface area (Å²) in [5.41, 5.74) is -0.879. The zero-order valence-corrected chi connectivity index (χ0v) is 16.1. The zero-order chi connectivity index (χ0) is 16.6. The van der Waals surface area contributed by atoms with E-state index in [1.165, 1.54) is 32.1 Å². The van der Waals surface area contributed by atoms with Gasteiger partial charge in [-0.3, -0.25) is 0 Å². The molecule has 1 N–H and O–H groups in total. The number of carbonyl (C=O) groups is 1. The first-order valence-corrected chi connectivity index (χ1v) is 9.57. The largest absolute Gasteiger partial charge is 0.444 e. The van der Waals surface area contributed by atoms with Crippen molar-refractivity contribution >= 4 is 22.0 Å².